The van der Waals surface area contributed by atoms with Gasteiger partial charge in [-0.1, -0.05) is 0 Å². The number of halogens is 1. The number of ether oxygens (including phenoxy) is 3. The first-order valence-electron chi connectivity index (χ1n) is 10.3. The molecule has 0 saturated carbocycles. The molecule has 6 rings (SSSR count). The smallest absolute Gasteiger partial charge is 0.294 e. The highest BCUT2D eigenvalue weighted by atomic mass is 127. The molecule has 0 spiro atoms. The van der Waals surface area contributed by atoms with Gasteiger partial charge in [0, 0.05) is 29.3 Å². The van der Waals surface area contributed by atoms with Crippen molar-refractivity contribution in [1.29, 1.82) is 0 Å². The summed E-state index contributed by atoms with van der Waals surface area (Å²) in [7, 11) is 3.19. The van der Waals surface area contributed by atoms with Crippen LogP contribution in [-0.4, -0.2) is 38.8 Å². The van der Waals surface area contributed by atoms with Gasteiger partial charge in [-0.05, 0) is 52.1 Å². The second kappa shape index (κ2) is 9.09. The third-order valence-electron chi connectivity index (χ3n) is 5.16. The summed E-state index contributed by atoms with van der Waals surface area (Å²) >= 11 is 5.10. The van der Waals surface area contributed by atoms with E-state index < -0.39 is 0 Å². The Labute approximate surface area is 220 Å². The van der Waals surface area contributed by atoms with Crippen LogP contribution in [0.25, 0.3) is 38.0 Å². The predicted molar refractivity (Wildman–Crippen MR) is 142 cm³/mol. The Balaban J connectivity index is 1.28. The normalized spacial score (nSPS) is 11.4. The molecule has 1 aromatic carbocycles. The van der Waals surface area contributed by atoms with E-state index in [1.54, 1.807) is 36.3 Å². The van der Waals surface area contributed by atoms with Crippen molar-refractivity contribution in [3.8, 4) is 38.7 Å². The zero-order valence-corrected chi connectivity index (χ0v) is 22.2. The second-order valence-electron chi connectivity index (χ2n) is 7.38. The molecule has 0 saturated heterocycles. The van der Waals surface area contributed by atoms with Gasteiger partial charge in [0.2, 0.25) is 4.96 Å². The van der Waals surface area contributed by atoms with Crippen molar-refractivity contribution >= 4 is 61.2 Å². The Hall–Kier alpha value is -3.23. The van der Waals surface area contributed by atoms with Crippen LogP contribution in [0.5, 0.6) is 16.7 Å². The zero-order valence-electron chi connectivity index (χ0n) is 18.4. The van der Waals surface area contributed by atoms with Crippen LogP contribution in [0.15, 0.2) is 52.5 Å². The molecule has 6 aromatic rings. The molecule has 0 aliphatic rings. The van der Waals surface area contributed by atoms with Crippen molar-refractivity contribution in [1.82, 2.24) is 24.6 Å². The zero-order chi connectivity index (χ0) is 23.9. The number of rotatable bonds is 7. The fourth-order valence-electron chi connectivity index (χ4n) is 3.49. The van der Waals surface area contributed by atoms with Crippen molar-refractivity contribution in [3.05, 3.63) is 57.5 Å². The van der Waals surface area contributed by atoms with Gasteiger partial charge < -0.3 is 18.6 Å². The molecule has 12 heteroatoms. The Morgan fingerprint density at radius 2 is 2.03 bits per heavy atom. The second-order valence-corrected chi connectivity index (χ2v) is 10.3. The summed E-state index contributed by atoms with van der Waals surface area (Å²) in [5.41, 5.74) is 3.12. The van der Waals surface area contributed by atoms with Crippen LogP contribution in [0.1, 0.15) is 5.69 Å². The fourth-order valence-corrected chi connectivity index (χ4v) is 5.30. The lowest BCUT2D eigenvalue weighted by atomic mass is 10.2. The highest BCUT2D eigenvalue weighted by Crippen LogP contribution is 2.37. The predicted octanol–water partition coefficient (Wildman–Crippen LogP) is 5.92. The molecule has 5 heterocycles. The van der Waals surface area contributed by atoms with Crippen molar-refractivity contribution in [3.63, 3.8) is 0 Å². The van der Waals surface area contributed by atoms with Gasteiger partial charge in [0.15, 0.2) is 5.76 Å². The van der Waals surface area contributed by atoms with Crippen LogP contribution >= 0.6 is 45.3 Å². The molecule has 0 aliphatic heterocycles. The highest BCUT2D eigenvalue weighted by molar-refractivity contribution is 14.1. The summed E-state index contributed by atoms with van der Waals surface area (Å²) in [5, 5.41) is 8.58. The van der Waals surface area contributed by atoms with E-state index in [9.17, 15) is 0 Å². The van der Waals surface area contributed by atoms with E-state index >= 15 is 0 Å². The molecule has 0 atom stereocenters. The molecule has 0 bridgehead atoms. The van der Waals surface area contributed by atoms with Crippen LogP contribution in [0.4, 0.5) is 0 Å². The van der Waals surface area contributed by atoms with E-state index in [0.29, 0.717) is 45.3 Å². The minimum Gasteiger partial charge on any atom is -0.496 e. The lowest BCUT2D eigenvalue weighted by Gasteiger charge is -2.07. The number of nitrogens with zero attached hydrogens (tertiary/aromatic N) is 5. The quantitative estimate of drug-likeness (QED) is 0.161. The van der Waals surface area contributed by atoms with Gasteiger partial charge in [-0.25, -0.2) is 19.5 Å². The number of methoxy groups -OCH3 is 2. The van der Waals surface area contributed by atoms with Gasteiger partial charge in [-0.3, -0.25) is 0 Å². The lowest BCUT2D eigenvalue weighted by molar-refractivity contribution is 0.303. The van der Waals surface area contributed by atoms with Crippen LogP contribution in [0.2, 0.25) is 0 Å². The summed E-state index contributed by atoms with van der Waals surface area (Å²) in [6.07, 6.45) is 3.63. The molecule has 0 amide bonds. The summed E-state index contributed by atoms with van der Waals surface area (Å²) < 4.78 is 25.5. The standard InChI is InChI=1S/C23H16IN5O4S2/c1-30-14-5-17(32-10-13-11-34-21(26-13)12-3-4-20(24)25-8-12)15-7-19(33-18(15)6-14)16-9-29-22(27-16)35-23(28-29)31-2/h3-9,11H,10H2,1-2H3. The number of thiazole rings is 1. The van der Waals surface area contributed by atoms with Gasteiger partial charge in [0.05, 0.1) is 31.5 Å². The van der Waals surface area contributed by atoms with E-state index in [1.165, 1.54) is 11.3 Å². The summed E-state index contributed by atoms with van der Waals surface area (Å²) in [6.45, 7) is 0.307. The summed E-state index contributed by atoms with van der Waals surface area (Å²) in [5.74, 6) is 1.88. The number of aromatic nitrogens is 5. The molecule has 5 aromatic heterocycles. The SMILES string of the molecule is COc1cc(OCc2csc(-c3ccc(I)nc3)n2)c2cc(-c3cn4nc(OC)sc4n3)oc2c1. The number of benzene rings is 1. The molecular formula is C23H16IN5O4S2. The number of hydrogen-bond donors (Lipinski definition) is 0. The van der Waals surface area contributed by atoms with E-state index in [4.69, 9.17) is 23.6 Å². The van der Waals surface area contributed by atoms with Gasteiger partial charge in [-0.15, -0.1) is 16.4 Å². The number of furan rings is 1. The van der Waals surface area contributed by atoms with E-state index in [0.717, 1.165) is 25.4 Å². The molecule has 9 nitrogen and oxygen atoms in total. The summed E-state index contributed by atoms with van der Waals surface area (Å²) in [4.78, 5) is 14.4. The number of fused-ring (bicyclic) bond motifs is 2. The first kappa shape index (κ1) is 22.2. The molecule has 0 unspecified atom stereocenters. The molecule has 0 fully saturated rings. The Bertz CT molecular complexity index is 1620. The molecule has 0 aliphatic carbocycles. The van der Waals surface area contributed by atoms with E-state index in [1.807, 2.05) is 41.9 Å². The minimum absolute atomic E-state index is 0.307. The monoisotopic (exact) mass is 617 g/mol. The van der Waals surface area contributed by atoms with Crippen molar-refractivity contribution in [2.24, 2.45) is 0 Å². The first-order chi connectivity index (χ1) is 17.1. The van der Waals surface area contributed by atoms with Gasteiger partial charge in [-0.2, -0.15) is 0 Å². The Morgan fingerprint density at radius 1 is 1.11 bits per heavy atom. The maximum absolute atomic E-state index is 6.17. The summed E-state index contributed by atoms with van der Waals surface area (Å²) in [6, 6.07) is 9.57. The topological polar surface area (TPSA) is 96.8 Å². The fraction of sp³-hybridized carbons (Fsp3) is 0.130. The van der Waals surface area contributed by atoms with Crippen LogP contribution in [-0.2, 0) is 6.61 Å². The third kappa shape index (κ3) is 4.32. The minimum atomic E-state index is 0.307. The molecule has 0 radical (unpaired) electrons. The van der Waals surface area contributed by atoms with Gasteiger partial charge >= 0.3 is 0 Å². The lowest BCUT2D eigenvalue weighted by Crippen LogP contribution is -1.97. The molecule has 176 valence electrons. The van der Waals surface area contributed by atoms with Gasteiger partial charge in [0.25, 0.3) is 5.19 Å². The van der Waals surface area contributed by atoms with Crippen LogP contribution in [0.3, 0.4) is 0 Å². The van der Waals surface area contributed by atoms with Crippen LogP contribution < -0.4 is 14.2 Å². The molecular weight excluding hydrogens is 601 g/mol. The Morgan fingerprint density at radius 3 is 2.80 bits per heavy atom. The van der Waals surface area contributed by atoms with Crippen molar-refractivity contribution < 1.29 is 18.6 Å². The van der Waals surface area contributed by atoms with Crippen molar-refractivity contribution in [2.45, 2.75) is 6.61 Å². The largest absolute Gasteiger partial charge is 0.496 e. The average Bonchev–Trinajstić information content (AvgIpc) is 3.65. The number of pyridine rings is 1. The maximum Gasteiger partial charge on any atom is 0.294 e. The van der Waals surface area contributed by atoms with E-state index in [2.05, 4.69) is 37.7 Å². The average molecular weight is 617 g/mol. The molecule has 0 N–H and O–H groups in total. The number of imidazole rings is 1. The van der Waals surface area contributed by atoms with Crippen LogP contribution in [0, 0.1) is 3.70 Å². The first-order valence-corrected chi connectivity index (χ1v) is 13.1. The van der Waals surface area contributed by atoms with E-state index in [-0.39, 0.29) is 0 Å². The number of hydrogen-bond acceptors (Lipinski definition) is 10. The Kier molecular flexibility index (Phi) is 5.78. The van der Waals surface area contributed by atoms with Gasteiger partial charge in [0.1, 0.15) is 38.1 Å². The third-order valence-corrected chi connectivity index (χ3v) is 7.62. The highest BCUT2D eigenvalue weighted by Gasteiger charge is 2.17. The molecule has 35 heavy (non-hydrogen) atoms. The van der Waals surface area contributed by atoms with Crippen molar-refractivity contribution in [2.75, 3.05) is 14.2 Å². The maximum atomic E-state index is 6.17.